The number of ether oxygens (including phenoxy) is 1. The van der Waals surface area contributed by atoms with E-state index in [1.165, 1.54) is 12.1 Å². The first-order valence-corrected chi connectivity index (χ1v) is 13.1. The summed E-state index contributed by atoms with van der Waals surface area (Å²) in [6.07, 6.45) is 1.96. The number of halogens is 3. The van der Waals surface area contributed by atoms with Gasteiger partial charge in [0.25, 0.3) is 0 Å². The van der Waals surface area contributed by atoms with Gasteiger partial charge in [-0.2, -0.15) is 13.8 Å². The average molecular weight is 617 g/mol. The van der Waals surface area contributed by atoms with E-state index in [4.69, 9.17) is 20.3 Å². The molecule has 0 spiro atoms. The van der Waals surface area contributed by atoms with Crippen LogP contribution in [-0.4, -0.2) is 45.0 Å². The highest BCUT2D eigenvalue weighted by Gasteiger charge is 2.50. The number of rotatable bonds is 8. The molecule has 4 N–H and O–H groups in total. The van der Waals surface area contributed by atoms with Gasteiger partial charge in [0.05, 0.1) is 29.6 Å². The molecule has 0 bridgehead atoms. The summed E-state index contributed by atoms with van der Waals surface area (Å²) in [6.45, 7) is 1.07. The number of aromatic nitrogens is 3. The summed E-state index contributed by atoms with van der Waals surface area (Å²) in [4.78, 5) is 28.4. The standard InChI is InChI=1S/C22H23F2IN5O4P/c1-29(2)20-18-15-7-8-30(19(15)16(25)11-17(18)27-21(26)28-20)9-10-34-12-13-3-5-14(6-4-13)22(23,24)35(31,32)33/h3-8,11H,9-10,12H2,1-2H3,(H2,26,27,28)(H2,31,32,33). The molecule has 2 heterocycles. The number of hydrogen-bond donors (Lipinski definition) is 3. The van der Waals surface area contributed by atoms with Crippen LogP contribution in [0.3, 0.4) is 0 Å². The molecule has 4 aromatic rings. The second-order valence-electron chi connectivity index (χ2n) is 8.16. The van der Waals surface area contributed by atoms with Gasteiger partial charge in [0.1, 0.15) is 5.82 Å². The van der Waals surface area contributed by atoms with Crippen molar-refractivity contribution in [2.75, 3.05) is 31.3 Å². The lowest BCUT2D eigenvalue weighted by atomic mass is 10.1. The van der Waals surface area contributed by atoms with Crippen molar-refractivity contribution in [3.63, 3.8) is 0 Å². The third-order valence-electron chi connectivity index (χ3n) is 5.49. The minimum absolute atomic E-state index is 0.166. The number of fused-ring (bicyclic) bond motifs is 3. The highest BCUT2D eigenvalue weighted by atomic mass is 127. The Balaban J connectivity index is 1.49. The van der Waals surface area contributed by atoms with Gasteiger partial charge in [-0.15, -0.1) is 0 Å². The lowest BCUT2D eigenvalue weighted by molar-refractivity contribution is 0.0563. The molecule has 0 aliphatic heterocycles. The maximum Gasteiger partial charge on any atom is 0.399 e. The largest absolute Gasteiger partial charge is 0.399 e. The second kappa shape index (κ2) is 9.58. The molecule has 35 heavy (non-hydrogen) atoms. The topological polar surface area (TPSA) is 127 Å². The molecule has 2 aromatic carbocycles. The smallest absolute Gasteiger partial charge is 0.375 e. The average Bonchev–Trinajstić information content (AvgIpc) is 3.20. The molecule has 186 valence electrons. The number of benzene rings is 2. The molecule has 0 atom stereocenters. The van der Waals surface area contributed by atoms with Crippen molar-refractivity contribution in [3.8, 4) is 0 Å². The zero-order chi connectivity index (χ0) is 25.5. The van der Waals surface area contributed by atoms with E-state index in [0.29, 0.717) is 18.7 Å². The first-order chi connectivity index (χ1) is 16.4. The van der Waals surface area contributed by atoms with Crippen LogP contribution < -0.4 is 10.6 Å². The summed E-state index contributed by atoms with van der Waals surface area (Å²) in [6, 6.07) is 8.71. The lowest BCUT2D eigenvalue weighted by Crippen LogP contribution is -2.13. The Labute approximate surface area is 213 Å². The molecule has 9 nitrogen and oxygen atoms in total. The minimum Gasteiger partial charge on any atom is -0.375 e. The van der Waals surface area contributed by atoms with Crippen LogP contribution in [0.1, 0.15) is 11.1 Å². The molecule has 0 saturated heterocycles. The van der Waals surface area contributed by atoms with Gasteiger partial charge in [-0.25, -0.2) is 4.98 Å². The summed E-state index contributed by atoms with van der Waals surface area (Å²) in [5.41, 5.74) is 3.32. The summed E-state index contributed by atoms with van der Waals surface area (Å²) >= 11 is 2.26. The maximum absolute atomic E-state index is 13.8. The summed E-state index contributed by atoms with van der Waals surface area (Å²) in [7, 11) is -1.80. The van der Waals surface area contributed by atoms with Gasteiger partial charge >= 0.3 is 13.3 Å². The van der Waals surface area contributed by atoms with Gasteiger partial charge in [0.15, 0.2) is 0 Å². The summed E-state index contributed by atoms with van der Waals surface area (Å²) in [5, 5.41) is 1.91. The summed E-state index contributed by atoms with van der Waals surface area (Å²) < 4.78 is 47.4. The minimum atomic E-state index is -5.60. The van der Waals surface area contributed by atoms with Gasteiger partial charge in [-0.05, 0) is 40.3 Å². The molecule has 0 aliphatic rings. The van der Waals surface area contributed by atoms with E-state index in [1.807, 2.05) is 37.3 Å². The van der Waals surface area contributed by atoms with E-state index in [9.17, 15) is 13.3 Å². The third-order valence-corrected chi connectivity index (χ3v) is 7.31. The van der Waals surface area contributed by atoms with Crippen LogP contribution in [0.4, 0.5) is 20.5 Å². The second-order valence-corrected chi connectivity index (χ2v) is 11.0. The van der Waals surface area contributed by atoms with E-state index in [2.05, 4.69) is 37.1 Å². The Morgan fingerprint density at radius 2 is 1.89 bits per heavy atom. The predicted octanol–water partition coefficient (Wildman–Crippen LogP) is 4.28. The van der Waals surface area contributed by atoms with Gasteiger partial charge in [-0.1, -0.05) is 24.3 Å². The maximum atomic E-state index is 13.8. The number of alkyl halides is 2. The van der Waals surface area contributed by atoms with Crippen LogP contribution in [0.5, 0.6) is 0 Å². The van der Waals surface area contributed by atoms with Crippen molar-refractivity contribution in [1.82, 2.24) is 14.5 Å². The van der Waals surface area contributed by atoms with Gasteiger partial charge < -0.3 is 29.7 Å². The van der Waals surface area contributed by atoms with Crippen LogP contribution >= 0.6 is 30.2 Å². The predicted molar refractivity (Wildman–Crippen MR) is 139 cm³/mol. The van der Waals surface area contributed by atoms with E-state index in [1.54, 1.807) is 0 Å². The Hall–Kier alpha value is -2.38. The van der Waals surface area contributed by atoms with Crippen molar-refractivity contribution in [2.45, 2.75) is 18.8 Å². The molecule has 2 aromatic heterocycles. The molecule has 0 amide bonds. The van der Waals surface area contributed by atoms with E-state index in [0.717, 1.165) is 43.3 Å². The molecular formula is C22H23F2IN5O4P. The Bertz CT molecular complexity index is 1440. The molecule has 0 fully saturated rings. The van der Waals surface area contributed by atoms with Crippen molar-refractivity contribution in [3.05, 3.63) is 57.3 Å². The SMILES string of the molecule is CN(C)c1nc(N)nc2cc(I)c3c(ccn3CCOCc3ccc(C(F)(F)P(=O)(O)O)cc3)c12. The number of nitrogen functional groups attached to an aromatic ring is 1. The fourth-order valence-electron chi connectivity index (χ4n) is 3.81. The third kappa shape index (κ3) is 4.98. The van der Waals surface area contributed by atoms with E-state index < -0.39 is 18.8 Å². The van der Waals surface area contributed by atoms with Crippen molar-refractivity contribution in [2.24, 2.45) is 0 Å². The monoisotopic (exact) mass is 617 g/mol. The van der Waals surface area contributed by atoms with Crippen molar-refractivity contribution in [1.29, 1.82) is 0 Å². The van der Waals surface area contributed by atoms with Crippen LogP contribution in [0.25, 0.3) is 21.8 Å². The van der Waals surface area contributed by atoms with Gasteiger partial charge in [-0.3, -0.25) is 4.57 Å². The number of nitrogens with zero attached hydrogens (tertiary/aromatic N) is 4. The van der Waals surface area contributed by atoms with Gasteiger partial charge in [0, 0.05) is 41.4 Å². The number of anilines is 2. The quantitative estimate of drug-likeness (QED) is 0.152. The van der Waals surface area contributed by atoms with Gasteiger partial charge in [0.2, 0.25) is 5.95 Å². The number of nitrogens with two attached hydrogens (primary N) is 1. The van der Waals surface area contributed by atoms with Crippen LogP contribution in [-0.2, 0) is 28.1 Å². The van der Waals surface area contributed by atoms with Crippen molar-refractivity contribution < 1.29 is 27.9 Å². The molecule has 4 rings (SSSR count). The molecule has 0 radical (unpaired) electrons. The fraction of sp³-hybridized carbons (Fsp3) is 0.273. The van der Waals surface area contributed by atoms with Crippen LogP contribution in [0.15, 0.2) is 42.6 Å². The zero-order valence-corrected chi connectivity index (χ0v) is 21.9. The molecule has 0 aliphatic carbocycles. The Morgan fingerprint density at radius 1 is 1.20 bits per heavy atom. The Morgan fingerprint density at radius 3 is 2.51 bits per heavy atom. The van der Waals surface area contributed by atoms with Crippen LogP contribution in [0, 0.1) is 3.57 Å². The molecule has 0 unspecified atom stereocenters. The summed E-state index contributed by atoms with van der Waals surface area (Å²) in [5.74, 6) is 0.943. The molecule has 0 saturated carbocycles. The van der Waals surface area contributed by atoms with E-state index >= 15 is 0 Å². The van der Waals surface area contributed by atoms with E-state index in [-0.39, 0.29) is 12.6 Å². The zero-order valence-electron chi connectivity index (χ0n) is 18.8. The normalized spacial score (nSPS) is 12.5. The van der Waals surface area contributed by atoms with Crippen molar-refractivity contribution >= 4 is 63.8 Å². The first-order valence-electron chi connectivity index (χ1n) is 10.4. The fourth-order valence-corrected chi connectivity index (χ4v) is 5.19. The molecule has 13 heteroatoms. The highest BCUT2D eigenvalue weighted by Crippen LogP contribution is 2.59. The van der Waals surface area contributed by atoms with Crippen LogP contribution in [0.2, 0.25) is 0 Å². The lowest BCUT2D eigenvalue weighted by Gasteiger charge is -2.18. The Kier molecular flexibility index (Phi) is 7.04. The molecular weight excluding hydrogens is 594 g/mol. The number of hydrogen-bond acceptors (Lipinski definition) is 6. The highest BCUT2D eigenvalue weighted by molar-refractivity contribution is 14.1. The first kappa shape index (κ1) is 25.7.